The first-order valence-electron chi connectivity index (χ1n) is 10.1. The molecule has 0 spiro atoms. The van der Waals surface area contributed by atoms with Crippen molar-refractivity contribution in [1.29, 1.82) is 0 Å². The molecule has 1 atom stereocenters. The van der Waals surface area contributed by atoms with E-state index < -0.39 is 6.10 Å². The number of fused-ring (bicyclic) bond motifs is 1. The molecule has 1 heterocycles. The zero-order valence-corrected chi connectivity index (χ0v) is 17.2. The molecule has 3 aromatic rings. The number of hydrogen-bond donors (Lipinski definition) is 1. The van der Waals surface area contributed by atoms with Gasteiger partial charge in [-0.15, -0.1) is 0 Å². The van der Waals surface area contributed by atoms with Gasteiger partial charge in [-0.1, -0.05) is 66.2 Å². The Kier molecular flexibility index (Phi) is 5.68. The number of ether oxygens (including phenoxy) is 1. The molecule has 0 saturated carbocycles. The number of aliphatic hydroxyl groups is 1. The third-order valence-corrected chi connectivity index (χ3v) is 5.53. The van der Waals surface area contributed by atoms with Crippen molar-refractivity contribution in [3.63, 3.8) is 0 Å². The molecule has 1 N–H and O–H groups in total. The van der Waals surface area contributed by atoms with Gasteiger partial charge in [-0.2, -0.15) is 0 Å². The minimum Gasteiger partial charge on any atom is -0.497 e. The van der Waals surface area contributed by atoms with Crippen molar-refractivity contribution in [2.45, 2.75) is 26.0 Å². The molecule has 0 aliphatic carbocycles. The Balaban J connectivity index is 1.63. The summed E-state index contributed by atoms with van der Waals surface area (Å²) in [4.78, 5) is 15.2. The first kappa shape index (κ1) is 19.9. The zero-order valence-electron chi connectivity index (χ0n) is 17.2. The zero-order chi connectivity index (χ0) is 21.1. The van der Waals surface area contributed by atoms with E-state index >= 15 is 0 Å². The second-order valence-corrected chi connectivity index (χ2v) is 7.54. The molecular weight excluding hydrogens is 374 g/mol. The molecule has 0 bridgehead atoms. The molecule has 3 aromatic carbocycles. The van der Waals surface area contributed by atoms with E-state index in [1.54, 1.807) is 7.11 Å². The molecule has 4 heteroatoms. The lowest BCUT2D eigenvalue weighted by atomic mass is 9.95. The van der Waals surface area contributed by atoms with Crippen molar-refractivity contribution in [3.8, 4) is 5.75 Å². The fourth-order valence-electron chi connectivity index (χ4n) is 3.95. The summed E-state index contributed by atoms with van der Waals surface area (Å²) in [5.74, 6) is 0.733. The molecule has 0 fully saturated rings. The summed E-state index contributed by atoms with van der Waals surface area (Å²) >= 11 is 0. The molecule has 1 aliphatic rings. The topological polar surface area (TPSA) is 49.8 Å². The first-order valence-corrected chi connectivity index (χ1v) is 10.1. The van der Waals surface area contributed by atoms with Crippen LogP contribution in [0, 0.1) is 0 Å². The largest absolute Gasteiger partial charge is 0.497 e. The van der Waals surface area contributed by atoms with E-state index in [1.165, 1.54) is 0 Å². The molecule has 152 valence electrons. The minimum atomic E-state index is -0.688. The standard InChI is InChI=1S/C26H25NO3/c1-18(16-24(28)20-12-14-21(30-2)15-13-20)25-22-10-6-7-11-23(22)27(26(25)29)17-19-8-4-3-5-9-19/h3-15,24,28H,16-17H2,1-2H3/b25-18-. The highest BCUT2D eigenvalue weighted by Gasteiger charge is 2.33. The lowest BCUT2D eigenvalue weighted by molar-refractivity contribution is -0.113. The average molecular weight is 399 g/mol. The smallest absolute Gasteiger partial charge is 0.259 e. The number of hydrogen-bond acceptors (Lipinski definition) is 3. The van der Waals surface area contributed by atoms with E-state index in [-0.39, 0.29) is 5.91 Å². The maximum absolute atomic E-state index is 13.4. The minimum absolute atomic E-state index is 0.0144. The van der Waals surface area contributed by atoms with Crippen molar-refractivity contribution in [1.82, 2.24) is 0 Å². The maximum Gasteiger partial charge on any atom is 0.259 e. The van der Waals surface area contributed by atoms with E-state index in [1.807, 2.05) is 90.7 Å². The molecule has 0 saturated heterocycles. The number of nitrogens with zero attached hydrogens (tertiary/aromatic N) is 1. The molecule has 4 rings (SSSR count). The Labute approximate surface area is 177 Å². The van der Waals surface area contributed by atoms with Gasteiger partial charge < -0.3 is 14.7 Å². The van der Waals surface area contributed by atoms with Crippen LogP contribution in [0.15, 0.2) is 84.4 Å². The third kappa shape index (κ3) is 3.87. The van der Waals surface area contributed by atoms with Gasteiger partial charge in [0.25, 0.3) is 5.91 Å². The van der Waals surface area contributed by atoms with Crippen LogP contribution in [0.1, 0.15) is 36.1 Å². The van der Waals surface area contributed by atoms with Crippen molar-refractivity contribution in [2.24, 2.45) is 0 Å². The van der Waals surface area contributed by atoms with E-state index in [9.17, 15) is 9.90 Å². The number of anilines is 1. The number of para-hydroxylation sites is 1. The monoisotopic (exact) mass is 399 g/mol. The highest BCUT2D eigenvalue weighted by Crippen LogP contribution is 2.40. The molecule has 30 heavy (non-hydrogen) atoms. The Morgan fingerprint density at radius 1 is 0.967 bits per heavy atom. The quantitative estimate of drug-likeness (QED) is 0.584. The highest BCUT2D eigenvalue weighted by molar-refractivity contribution is 6.33. The lowest BCUT2D eigenvalue weighted by Gasteiger charge is -2.17. The van der Waals surface area contributed by atoms with Crippen molar-refractivity contribution in [3.05, 3.63) is 101 Å². The van der Waals surface area contributed by atoms with E-state index in [0.29, 0.717) is 18.5 Å². The molecule has 1 aliphatic heterocycles. The Morgan fingerprint density at radius 2 is 1.63 bits per heavy atom. The fraction of sp³-hybridized carbons (Fsp3) is 0.192. The van der Waals surface area contributed by atoms with Gasteiger partial charge in [-0.05, 0) is 42.7 Å². The van der Waals surface area contributed by atoms with Crippen LogP contribution in [-0.2, 0) is 11.3 Å². The number of carbonyl (C=O) groups is 1. The van der Waals surface area contributed by atoms with Gasteiger partial charge in [0.2, 0.25) is 0 Å². The van der Waals surface area contributed by atoms with Crippen LogP contribution in [0.4, 0.5) is 5.69 Å². The van der Waals surface area contributed by atoms with Gasteiger partial charge in [-0.25, -0.2) is 0 Å². The third-order valence-electron chi connectivity index (χ3n) is 5.53. The van der Waals surface area contributed by atoms with Crippen molar-refractivity contribution in [2.75, 3.05) is 12.0 Å². The SMILES string of the molecule is COc1ccc(C(O)C/C(C)=C2\C(=O)N(Cc3ccccc3)c3ccccc32)cc1. The van der Waals surface area contributed by atoms with Gasteiger partial charge in [-0.3, -0.25) is 4.79 Å². The van der Waals surface area contributed by atoms with Crippen LogP contribution in [0.2, 0.25) is 0 Å². The summed E-state index contributed by atoms with van der Waals surface area (Å²) in [6.07, 6.45) is -0.299. The number of methoxy groups -OCH3 is 1. The van der Waals surface area contributed by atoms with Crippen LogP contribution in [0.5, 0.6) is 5.75 Å². The Bertz CT molecular complexity index is 1070. The lowest BCUT2D eigenvalue weighted by Crippen LogP contribution is -2.26. The number of carbonyl (C=O) groups excluding carboxylic acids is 1. The Morgan fingerprint density at radius 3 is 2.33 bits per heavy atom. The molecule has 1 amide bonds. The van der Waals surface area contributed by atoms with Crippen LogP contribution in [-0.4, -0.2) is 18.1 Å². The van der Waals surface area contributed by atoms with Gasteiger partial charge in [0.15, 0.2) is 0 Å². The summed E-state index contributed by atoms with van der Waals surface area (Å²) in [5.41, 5.74) is 5.30. The number of rotatable bonds is 6. The summed E-state index contributed by atoms with van der Waals surface area (Å²) in [6, 6.07) is 25.2. The summed E-state index contributed by atoms with van der Waals surface area (Å²) in [6.45, 7) is 2.46. The predicted molar refractivity (Wildman–Crippen MR) is 119 cm³/mol. The van der Waals surface area contributed by atoms with Crippen LogP contribution in [0.25, 0.3) is 5.57 Å². The molecule has 0 aromatic heterocycles. The number of amides is 1. The predicted octanol–water partition coefficient (Wildman–Crippen LogP) is 5.14. The van der Waals surface area contributed by atoms with Crippen molar-refractivity contribution < 1.29 is 14.6 Å². The fourth-order valence-corrected chi connectivity index (χ4v) is 3.95. The van der Waals surface area contributed by atoms with Crippen LogP contribution in [0.3, 0.4) is 0 Å². The van der Waals surface area contributed by atoms with E-state index in [4.69, 9.17) is 4.74 Å². The first-order chi connectivity index (χ1) is 14.6. The number of aliphatic hydroxyl groups excluding tert-OH is 1. The van der Waals surface area contributed by atoms with E-state index in [0.717, 1.165) is 33.7 Å². The normalized spacial score (nSPS) is 15.7. The van der Waals surface area contributed by atoms with Crippen molar-refractivity contribution >= 4 is 17.2 Å². The van der Waals surface area contributed by atoms with Gasteiger partial charge >= 0.3 is 0 Å². The summed E-state index contributed by atoms with van der Waals surface area (Å²) in [7, 11) is 1.62. The van der Waals surface area contributed by atoms with Crippen LogP contribution < -0.4 is 9.64 Å². The highest BCUT2D eigenvalue weighted by atomic mass is 16.5. The number of benzene rings is 3. The summed E-state index contributed by atoms with van der Waals surface area (Å²) < 4.78 is 5.18. The van der Waals surface area contributed by atoms with Gasteiger partial charge in [0, 0.05) is 11.1 Å². The van der Waals surface area contributed by atoms with Crippen LogP contribution >= 0.6 is 0 Å². The maximum atomic E-state index is 13.4. The summed E-state index contributed by atoms with van der Waals surface area (Å²) in [5, 5.41) is 10.8. The van der Waals surface area contributed by atoms with E-state index in [2.05, 4.69) is 0 Å². The molecule has 1 unspecified atom stereocenters. The Hall–Kier alpha value is -3.37. The molecule has 0 radical (unpaired) electrons. The van der Waals surface area contributed by atoms with Gasteiger partial charge in [0.1, 0.15) is 5.75 Å². The van der Waals surface area contributed by atoms with Gasteiger partial charge in [0.05, 0.1) is 25.4 Å². The second kappa shape index (κ2) is 8.56. The second-order valence-electron chi connectivity index (χ2n) is 7.54. The molecular formula is C26H25NO3. The average Bonchev–Trinajstić information content (AvgIpc) is 3.06. The molecule has 4 nitrogen and oxygen atoms in total.